The van der Waals surface area contributed by atoms with E-state index in [1.807, 2.05) is 12.1 Å². The van der Waals surface area contributed by atoms with E-state index in [0.717, 1.165) is 18.4 Å². The van der Waals surface area contributed by atoms with Crippen LogP contribution >= 0.6 is 0 Å². The topological polar surface area (TPSA) is 20.2 Å². The molecule has 0 spiro atoms. The van der Waals surface area contributed by atoms with Crippen LogP contribution in [-0.2, 0) is 12.8 Å². The van der Waals surface area contributed by atoms with Gasteiger partial charge in [-0.15, -0.1) is 0 Å². The summed E-state index contributed by atoms with van der Waals surface area (Å²) < 4.78 is 0. The van der Waals surface area contributed by atoms with Gasteiger partial charge in [-0.3, -0.25) is 0 Å². The van der Waals surface area contributed by atoms with Crippen molar-refractivity contribution in [1.82, 2.24) is 0 Å². The molecular weight excluding hydrogens is 304 g/mol. The van der Waals surface area contributed by atoms with E-state index in [2.05, 4.69) is 70.2 Å². The Kier molecular flexibility index (Phi) is 4.94. The highest BCUT2D eigenvalue weighted by atomic mass is 16.3. The van der Waals surface area contributed by atoms with Crippen LogP contribution in [0, 0.1) is 27.7 Å². The summed E-state index contributed by atoms with van der Waals surface area (Å²) in [5, 5.41) is 10.3. The van der Waals surface area contributed by atoms with Crippen molar-refractivity contribution in [3.63, 3.8) is 0 Å². The van der Waals surface area contributed by atoms with E-state index in [9.17, 15) is 5.11 Å². The van der Waals surface area contributed by atoms with Crippen LogP contribution < -0.4 is 0 Å². The van der Waals surface area contributed by atoms with Gasteiger partial charge in [0.1, 0.15) is 5.75 Å². The fourth-order valence-electron chi connectivity index (χ4n) is 3.32. The van der Waals surface area contributed by atoms with Gasteiger partial charge in [-0.05, 0) is 84.7 Å². The molecule has 0 saturated carbocycles. The first-order valence-corrected chi connectivity index (χ1v) is 8.86. The average molecular weight is 330 g/mol. The third-order valence-electron chi connectivity index (χ3n) is 5.35. The van der Waals surface area contributed by atoms with Crippen LogP contribution in [-0.4, -0.2) is 5.11 Å². The lowest BCUT2D eigenvalue weighted by atomic mass is 9.93. The second-order valence-electron chi connectivity index (χ2n) is 7.03. The molecule has 0 aromatic heterocycles. The molecule has 3 rings (SSSR count). The van der Waals surface area contributed by atoms with Gasteiger partial charge in [0.25, 0.3) is 0 Å². The third-order valence-corrected chi connectivity index (χ3v) is 5.35. The molecule has 0 saturated heterocycles. The molecule has 0 amide bonds. The number of aryl methyl sites for hydroxylation is 2. The molecule has 1 nitrogen and oxygen atoms in total. The van der Waals surface area contributed by atoms with Crippen LogP contribution in [0.2, 0.25) is 0 Å². The number of phenolic OH excluding ortho intramolecular Hbond substituents is 1. The van der Waals surface area contributed by atoms with Crippen molar-refractivity contribution in [2.45, 2.75) is 40.5 Å². The zero-order valence-corrected chi connectivity index (χ0v) is 15.6. The first-order chi connectivity index (χ1) is 12.0. The van der Waals surface area contributed by atoms with Crippen molar-refractivity contribution in [3.8, 4) is 5.75 Å². The molecule has 3 aromatic carbocycles. The average Bonchev–Trinajstić information content (AvgIpc) is 2.59. The summed E-state index contributed by atoms with van der Waals surface area (Å²) in [5.74, 6) is 0.380. The number of benzene rings is 3. The Morgan fingerprint density at radius 1 is 0.640 bits per heavy atom. The predicted molar refractivity (Wildman–Crippen MR) is 106 cm³/mol. The molecule has 3 aromatic rings. The lowest BCUT2D eigenvalue weighted by Crippen LogP contribution is -1.98. The van der Waals surface area contributed by atoms with Crippen molar-refractivity contribution in [2.75, 3.05) is 0 Å². The van der Waals surface area contributed by atoms with Gasteiger partial charge in [-0.2, -0.15) is 0 Å². The van der Waals surface area contributed by atoms with Crippen LogP contribution in [0.25, 0.3) is 0 Å². The molecule has 0 aliphatic heterocycles. The monoisotopic (exact) mass is 330 g/mol. The lowest BCUT2D eigenvalue weighted by molar-refractivity contribution is 0.469. The number of phenols is 1. The summed E-state index contributed by atoms with van der Waals surface area (Å²) in [4.78, 5) is 0. The van der Waals surface area contributed by atoms with Crippen LogP contribution in [0.4, 0.5) is 0 Å². The maximum Gasteiger partial charge on any atom is 0.119 e. The molecule has 0 aliphatic rings. The summed E-state index contributed by atoms with van der Waals surface area (Å²) in [7, 11) is 0. The van der Waals surface area contributed by atoms with E-state index in [1.54, 1.807) is 0 Å². The first kappa shape index (κ1) is 17.3. The molecule has 0 bridgehead atoms. The van der Waals surface area contributed by atoms with Crippen molar-refractivity contribution in [3.05, 3.63) is 99.1 Å². The number of rotatable bonds is 4. The molecule has 0 atom stereocenters. The quantitative estimate of drug-likeness (QED) is 0.640. The molecule has 1 N–H and O–H groups in total. The molecule has 0 unspecified atom stereocenters. The van der Waals surface area contributed by atoms with Gasteiger partial charge in [0.15, 0.2) is 0 Å². The minimum atomic E-state index is 0.380. The normalized spacial score (nSPS) is 10.9. The number of aromatic hydroxyl groups is 1. The second kappa shape index (κ2) is 7.14. The maximum absolute atomic E-state index is 10.3. The van der Waals surface area contributed by atoms with Crippen molar-refractivity contribution < 1.29 is 5.11 Å². The zero-order valence-electron chi connectivity index (χ0n) is 15.6. The standard InChI is InChI=1S/C24H26O/c1-16-7-5-9-21(18(16)3)13-20-11-12-24(25)23(14-20)15-22-10-6-8-17(2)19(22)4/h5-12,14,25H,13,15H2,1-4H3. The van der Waals surface area contributed by atoms with E-state index in [-0.39, 0.29) is 0 Å². The predicted octanol–water partition coefficient (Wildman–Crippen LogP) is 5.81. The first-order valence-electron chi connectivity index (χ1n) is 8.86. The zero-order chi connectivity index (χ0) is 18.0. The highest BCUT2D eigenvalue weighted by molar-refractivity contribution is 5.45. The van der Waals surface area contributed by atoms with Crippen molar-refractivity contribution in [2.24, 2.45) is 0 Å². The number of hydrogen-bond donors (Lipinski definition) is 1. The molecule has 0 fully saturated rings. The summed E-state index contributed by atoms with van der Waals surface area (Å²) in [6.45, 7) is 8.63. The molecule has 0 aliphatic carbocycles. The molecule has 128 valence electrons. The maximum atomic E-state index is 10.3. The fourth-order valence-corrected chi connectivity index (χ4v) is 3.32. The molecule has 0 heterocycles. The highest BCUT2D eigenvalue weighted by Crippen LogP contribution is 2.26. The van der Waals surface area contributed by atoms with E-state index < -0.39 is 0 Å². The van der Waals surface area contributed by atoms with Crippen LogP contribution in [0.5, 0.6) is 5.75 Å². The Morgan fingerprint density at radius 2 is 1.20 bits per heavy atom. The Morgan fingerprint density at radius 3 is 1.80 bits per heavy atom. The fraction of sp³-hybridized carbons (Fsp3) is 0.250. The van der Waals surface area contributed by atoms with Crippen LogP contribution in [0.1, 0.15) is 44.5 Å². The van der Waals surface area contributed by atoms with Gasteiger partial charge in [-0.1, -0.05) is 48.5 Å². The van der Waals surface area contributed by atoms with Gasteiger partial charge in [0.2, 0.25) is 0 Å². The Balaban J connectivity index is 1.90. The summed E-state index contributed by atoms with van der Waals surface area (Å²) in [6, 6.07) is 18.9. The van der Waals surface area contributed by atoms with E-state index in [4.69, 9.17) is 0 Å². The van der Waals surface area contributed by atoms with E-state index in [0.29, 0.717) is 5.75 Å². The molecular formula is C24H26O. The van der Waals surface area contributed by atoms with Gasteiger partial charge < -0.3 is 5.11 Å². The SMILES string of the molecule is Cc1cccc(Cc2ccc(O)c(Cc3cccc(C)c3C)c2)c1C. The Labute approximate surface area is 151 Å². The Hall–Kier alpha value is -2.54. The molecule has 25 heavy (non-hydrogen) atoms. The second-order valence-corrected chi connectivity index (χ2v) is 7.03. The summed E-state index contributed by atoms with van der Waals surface area (Å²) in [6.07, 6.45) is 1.66. The van der Waals surface area contributed by atoms with E-state index in [1.165, 1.54) is 38.9 Å². The smallest absolute Gasteiger partial charge is 0.119 e. The Bertz CT molecular complexity index is 906. The van der Waals surface area contributed by atoms with Gasteiger partial charge in [-0.25, -0.2) is 0 Å². The summed E-state index contributed by atoms with van der Waals surface area (Å²) >= 11 is 0. The minimum absolute atomic E-state index is 0.380. The highest BCUT2D eigenvalue weighted by Gasteiger charge is 2.09. The number of hydrogen-bond acceptors (Lipinski definition) is 1. The van der Waals surface area contributed by atoms with Gasteiger partial charge in [0, 0.05) is 6.42 Å². The van der Waals surface area contributed by atoms with E-state index >= 15 is 0 Å². The molecule has 1 heteroatoms. The van der Waals surface area contributed by atoms with Crippen molar-refractivity contribution in [1.29, 1.82) is 0 Å². The molecule has 0 radical (unpaired) electrons. The van der Waals surface area contributed by atoms with Crippen LogP contribution in [0.15, 0.2) is 54.6 Å². The lowest BCUT2D eigenvalue weighted by Gasteiger charge is -2.13. The van der Waals surface area contributed by atoms with Crippen molar-refractivity contribution >= 4 is 0 Å². The van der Waals surface area contributed by atoms with Crippen LogP contribution in [0.3, 0.4) is 0 Å². The third kappa shape index (κ3) is 3.76. The van der Waals surface area contributed by atoms with Gasteiger partial charge in [0.05, 0.1) is 0 Å². The van der Waals surface area contributed by atoms with Gasteiger partial charge >= 0.3 is 0 Å². The summed E-state index contributed by atoms with van der Waals surface area (Å²) in [5.41, 5.74) is 10.1. The minimum Gasteiger partial charge on any atom is -0.508 e. The largest absolute Gasteiger partial charge is 0.508 e.